The number of carbonyl (C=O) groups excluding carboxylic acids is 1. The third-order valence-electron chi connectivity index (χ3n) is 7.65. The highest BCUT2D eigenvalue weighted by molar-refractivity contribution is 5.99. The van der Waals surface area contributed by atoms with Crippen molar-refractivity contribution in [2.45, 2.75) is 77.6 Å². The second kappa shape index (κ2) is 12.4. The van der Waals surface area contributed by atoms with Crippen LogP contribution in [0.5, 0.6) is 0 Å². The first-order valence-corrected chi connectivity index (χ1v) is 12.9. The highest BCUT2D eigenvalue weighted by atomic mass is 19.1. The molecule has 6 heteroatoms. The van der Waals surface area contributed by atoms with Crippen LogP contribution in [-0.2, 0) is 14.3 Å². The van der Waals surface area contributed by atoms with Crippen molar-refractivity contribution in [1.82, 2.24) is 0 Å². The second-order valence-electron chi connectivity index (χ2n) is 11.0. The number of Topliss-reactive ketones (excluding diaryl/α,β-unsaturated/α-hetero) is 1. The molecule has 1 heterocycles. The van der Waals surface area contributed by atoms with Crippen LogP contribution in [0.2, 0.25) is 0 Å². The summed E-state index contributed by atoms with van der Waals surface area (Å²) in [5, 5.41) is 19.4. The van der Waals surface area contributed by atoms with Gasteiger partial charge in [0.1, 0.15) is 11.9 Å². The number of carbonyl (C=O) groups is 2. The normalized spacial score (nSPS) is 25.9. The summed E-state index contributed by atoms with van der Waals surface area (Å²) in [6.07, 6.45) is 9.07. The highest BCUT2D eigenvalue weighted by Gasteiger charge is 2.39. The molecule has 35 heavy (non-hydrogen) atoms. The fourth-order valence-corrected chi connectivity index (χ4v) is 5.91. The van der Waals surface area contributed by atoms with Crippen molar-refractivity contribution in [3.63, 3.8) is 0 Å². The van der Waals surface area contributed by atoms with Gasteiger partial charge in [-0.25, -0.2) is 4.39 Å². The van der Waals surface area contributed by atoms with E-state index in [4.69, 9.17) is 4.74 Å². The van der Waals surface area contributed by atoms with Crippen LogP contribution >= 0.6 is 0 Å². The molecular formula is C29H38FNO4. The number of ether oxygens (including phenoxy) is 1. The summed E-state index contributed by atoms with van der Waals surface area (Å²) in [5.41, 5.74) is 0.770. The lowest BCUT2D eigenvalue weighted by molar-refractivity contribution is -0.142. The molecule has 1 aromatic rings. The Morgan fingerprint density at radius 3 is 2.57 bits per heavy atom. The molecule has 0 spiro atoms. The van der Waals surface area contributed by atoms with E-state index in [0.717, 1.165) is 50.9 Å². The topological polar surface area (TPSA) is 87.4 Å². The number of halogens is 1. The van der Waals surface area contributed by atoms with Crippen LogP contribution in [0.15, 0.2) is 35.9 Å². The van der Waals surface area contributed by atoms with Gasteiger partial charge in [0, 0.05) is 19.6 Å². The summed E-state index contributed by atoms with van der Waals surface area (Å²) < 4.78 is 18.9. The van der Waals surface area contributed by atoms with Gasteiger partial charge in [-0.05, 0) is 79.4 Å². The number of carboxylic acids is 1. The number of hydrogen-bond donors (Lipinski definition) is 1. The van der Waals surface area contributed by atoms with Crippen LogP contribution in [0.25, 0.3) is 0 Å². The monoisotopic (exact) mass is 483 g/mol. The van der Waals surface area contributed by atoms with Crippen molar-refractivity contribution in [3.05, 3.63) is 47.3 Å². The number of carboxylic acid groups (broad SMARTS) is 1. The lowest BCUT2D eigenvalue weighted by Crippen LogP contribution is -2.19. The van der Waals surface area contributed by atoms with E-state index in [0.29, 0.717) is 25.2 Å². The molecule has 0 bridgehead atoms. The first kappa shape index (κ1) is 27.1. The van der Waals surface area contributed by atoms with E-state index in [9.17, 15) is 24.3 Å². The summed E-state index contributed by atoms with van der Waals surface area (Å²) in [6, 6.07) is 8.15. The van der Waals surface area contributed by atoms with Crippen LogP contribution < -0.4 is 0 Å². The average Bonchev–Trinajstić information content (AvgIpc) is 3.23. The van der Waals surface area contributed by atoms with E-state index in [1.165, 1.54) is 12.1 Å². The Kier molecular flexibility index (Phi) is 9.63. The zero-order valence-electron chi connectivity index (χ0n) is 21.0. The molecule has 1 N–H and O–H groups in total. The summed E-state index contributed by atoms with van der Waals surface area (Å²) >= 11 is 0. The Bertz CT molecular complexity index is 938. The predicted molar refractivity (Wildman–Crippen MR) is 132 cm³/mol. The second-order valence-corrected chi connectivity index (χ2v) is 11.0. The minimum Gasteiger partial charge on any atom is -0.481 e. The third-order valence-corrected chi connectivity index (χ3v) is 7.65. The van der Waals surface area contributed by atoms with E-state index < -0.39 is 11.9 Å². The van der Waals surface area contributed by atoms with Crippen molar-refractivity contribution in [3.8, 4) is 6.07 Å². The Balaban J connectivity index is 1.59. The van der Waals surface area contributed by atoms with Gasteiger partial charge in [0.2, 0.25) is 0 Å². The zero-order valence-corrected chi connectivity index (χ0v) is 21.0. The van der Waals surface area contributed by atoms with E-state index in [1.54, 1.807) is 12.1 Å². The summed E-state index contributed by atoms with van der Waals surface area (Å²) in [6.45, 7) is 5.77. The Hall–Kier alpha value is -2.52. The number of allylic oxidation sites excluding steroid dienone is 2. The fraction of sp³-hybridized carbons (Fsp3) is 0.621. The molecule has 5 nitrogen and oxygen atoms in total. The van der Waals surface area contributed by atoms with Gasteiger partial charge >= 0.3 is 5.97 Å². The molecule has 190 valence electrons. The maximum atomic E-state index is 13.3. The molecule has 0 radical (unpaired) electrons. The van der Waals surface area contributed by atoms with Gasteiger partial charge in [0.25, 0.3) is 0 Å². The first-order valence-electron chi connectivity index (χ1n) is 12.9. The summed E-state index contributed by atoms with van der Waals surface area (Å²) in [5.74, 6) is -1.50. The molecule has 2 fully saturated rings. The molecule has 0 aromatic heterocycles. The molecule has 1 aromatic carbocycles. The van der Waals surface area contributed by atoms with Gasteiger partial charge in [-0.3, -0.25) is 9.59 Å². The molecule has 0 amide bonds. The third kappa shape index (κ3) is 8.00. The minimum atomic E-state index is -0.855. The predicted octanol–water partition coefficient (Wildman–Crippen LogP) is 6.44. The van der Waals surface area contributed by atoms with Crippen LogP contribution in [0.3, 0.4) is 0 Å². The first-order chi connectivity index (χ1) is 16.7. The number of aliphatic carboxylic acids is 1. The van der Waals surface area contributed by atoms with E-state index >= 15 is 0 Å². The largest absolute Gasteiger partial charge is 0.481 e. The van der Waals surface area contributed by atoms with Gasteiger partial charge < -0.3 is 9.84 Å². The van der Waals surface area contributed by atoms with Crippen molar-refractivity contribution < 1.29 is 23.8 Å². The molecule has 4 atom stereocenters. The van der Waals surface area contributed by atoms with Gasteiger partial charge in [0.15, 0.2) is 5.78 Å². The number of benzene rings is 1. The average molecular weight is 484 g/mol. The maximum absolute atomic E-state index is 13.3. The SMILES string of the molecule is CC(C)(/C=C(\C#N)C(=O)CCC1C[C@@H](C(=O)O)[C@H](c2ccc(F)cc2)C1)CC1CCCCOCC1. The Morgan fingerprint density at radius 1 is 1.14 bits per heavy atom. The van der Waals surface area contributed by atoms with Crippen molar-refractivity contribution in [2.24, 2.45) is 23.2 Å². The minimum absolute atomic E-state index is 0.0815. The van der Waals surface area contributed by atoms with Gasteiger partial charge in [-0.1, -0.05) is 44.9 Å². The molecule has 1 aliphatic carbocycles. The van der Waals surface area contributed by atoms with Crippen molar-refractivity contribution in [1.29, 1.82) is 5.26 Å². The number of hydrogen-bond acceptors (Lipinski definition) is 4. The van der Waals surface area contributed by atoms with Crippen LogP contribution in [0, 0.1) is 40.3 Å². The van der Waals surface area contributed by atoms with Crippen LogP contribution in [0.4, 0.5) is 4.39 Å². The Labute approximate surface area is 208 Å². The molecule has 1 saturated carbocycles. The zero-order chi connectivity index (χ0) is 25.4. The van der Waals surface area contributed by atoms with Crippen LogP contribution in [0.1, 0.15) is 83.1 Å². The number of rotatable bonds is 9. The van der Waals surface area contributed by atoms with Crippen molar-refractivity contribution >= 4 is 11.8 Å². The van der Waals surface area contributed by atoms with E-state index in [1.807, 2.05) is 6.08 Å². The maximum Gasteiger partial charge on any atom is 0.307 e. The highest BCUT2D eigenvalue weighted by Crippen LogP contribution is 2.45. The van der Waals surface area contributed by atoms with Crippen molar-refractivity contribution in [2.75, 3.05) is 13.2 Å². The number of nitriles is 1. The molecule has 1 aliphatic heterocycles. The van der Waals surface area contributed by atoms with Gasteiger partial charge in [-0.15, -0.1) is 0 Å². The summed E-state index contributed by atoms with van der Waals surface area (Å²) in [4.78, 5) is 24.8. The fourth-order valence-electron chi connectivity index (χ4n) is 5.91. The molecular weight excluding hydrogens is 445 g/mol. The number of nitrogens with zero attached hydrogens (tertiary/aromatic N) is 1. The summed E-state index contributed by atoms with van der Waals surface area (Å²) in [7, 11) is 0. The standard InChI is InChI=1S/C29H38FNO4/c1-29(2,17-20-5-3-4-13-35-14-12-20)18-23(19-31)27(32)11-6-21-15-25(26(16-21)28(33)34)22-7-9-24(30)10-8-22/h7-10,18,20-21,25-26H,3-6,11-17H2,1-2H3,(H,33,34)/b23-18+/t20?,21?,25-,26+/m0/s1. The number of ketones is 1. The van der Waals surface area contributed by atoms with Crippen LogP contribution in [-0.4, -0.2) is 30.1 Å². The quantitative estimate of drug-likeness (QED) is 0.322. The Morgan fingerprint density at radius 2 is 1.89 bits per heavy atom. The lowest BCUT2D eigenvalue weighted by Gasteiger charge is -2.28. The molecule has 3 rings (SSSR count). The molecule has 2 unspecified atom stereocenters. The van der Waals surface area contributed by atoms with E-state index in [-0.39, 0.29) is 40.8 Å². The smallest absolute Gasteiger partial charge is 0.307 e. The van der Waals surface area contributed by atoms with Gasteiger partial charge in [-0.2, -0.15) is 5.26 Å². The van der Waals surface area contributed by atoms with Gasteiger partial charge in [0.05, 0.1) is 11.5 Å². The molecule has 2 aliphatic rings. The van der Waals surface area contributed by atoms with E-state index in [2.05, 4.69) is 19.9 Å². The lowest BCUT2D eigenvalue weighted by atomic mass is 9.78. The molecule has 1 saturated heterocycles.